The van der Waals surface area contributed by atoms with Gasteiger partial charge < -0.3 is 0 Å². The number of fused-ring (bicyclic) bond motifs is 3. The molecule has 5 heteroatoms. The van der Waals surface area contributed by atoms with Crippen LogP contribution in [0.15, 0.2) is 35.7 Å². The minimum atomic E-state index is 0.819. The quantitative estimate of drug-likeness (QED) is 0.577. The van der Waals surface area contributed by atoms with E-state index in [1.807, 2.05) is 18.3 Å². The SMILES string of the molecule is Cc1ccccc1/C=N\Nc1ncnc2sc3c(c12)CCCC3. The molecule has 1 aromatic carbocycles. The lowest BCUT2D eigenvalue weighted by Gasteiger charge is -2.11. The summed E-state index contributed by atoms with van der Waals surface area (Å²) in [6.45, 7) is 2.08. The summed E-state index contributed by atoms with van der Waals surface area (Å²) in [6, 6.07) is 8.19. The number of anilines is 1. The van der Waals surface area contributed by atoms with Gasteiger partial charge in [-0.05, 0) is 49.3 Å². The zero-order valence-corrected chi connectivity index (χ0v) is 13.9. The summed E-state index contributed by atoms with van der Waals surface area (Å²) in [4.78, 5) is 11.4. The van der Waals surface area contributed by atoms with Crippen molar-refractivity contribution in [2.75, 3.05) is 5.43 Å². The Balaban J connectivity index is 1.67. The predicted octanol–water partition coefficient (Wildman–Crippen LogP) is 4.32. The molecule has 4 rings (SSSR count). The Bertz CT molecular complexity index is 882. The maximum atomic E-state index is 4.44. The largest absolute Gasteiger partial charge is 0.261 e. The smallest absolute Gasteiger partial charge is 0.158 e. The molecule has 23 heavy (non-hydrogen) atoms. The number of rotatable bonds is 3. The maximum absolute atomic E-state index is 4.44. The lowest BCUT2D eigenvalue weighted by molar-refractivity contribution is 0.700. The first kappa shape index (κ1) is 14.3. The van der Waals surface area contributed by atoms with E-state index in [9.17, 15) is 0 Å². The molecule has 1 aliphatic rings. The normalized spacial score (nSPS) is 14.3. The summed E-state index contributed by atoms with van der Waals surface area (Å²) in [5, 5.41) is 5.55. The Kier molecular flexibility index (Phi) is 3.79. The second kappa shape index (κ2) is 6.08. The molecule has 2 heterocycles. The third-order valence-electron chi connectivity index (χ3n) is 4.31. The van der Waals surface area contributed by atoms with Crippen molar-refractivity contribution in [3.05, 3.63) is 52.2 Å². The molecule has 0 bridgehead atoms. The van der Waals surface area contributed by atoms with Gasteiger partial charge in [0.05, 0.1) is 11.6 Å². The molecule has 1 aliphatic carbocycles. The minimum Gasteiger partial charge on any atom is -0.261 e. The van der Waals surface area contributed by atoms with Crippen LogP contribution in [0, 0.1) is 6.92 Å². The van der Waals surface area contributed by atoms with Gasteiger partial charge in [0.2, 0.25) is 0 Å². The molecule has 1 N–H and O–H groups in total. The fourth-order valence-electron chi connectivity index (χ4n) is 3.07. The number of aryl methyl sites for hydroxylation is 3. The molecular formula is C18H18N4S. The van der Waals surface area contributed by atoms with Crippen LogP contribution in [0.1, 0.15) is 34.4 Å². The van der Waals surface area contributed by atoms with Crippen LogP contribution in [0.4, 0.5) is 5.82 Å². The van der Waals surface area contributed by atoms with Crippen molar-refractivity contribution >= 4 is 33.6 Å². The molecule has 0 aliphatic heterocycles. The van der Waals surface area contributed by atoms with Gasteiger partial charge in [-0.15, -0.1) is 11.3 Å². The zero-order chi connectivity index (χ0) is 15.6. The van der Waals surface area contributed by atoms with Crippen LogP contribution in [0.3, 0.4) is 0 Å². The van der Waals surface area contributed by atoms with Gasteiger partial charge in [0.1, 0.15) is 11.2 Å². The summed E-state index contributed by atoms with van der Waals surface area (Å²) in [7, 11) is 0. The third kappa shape index (κ3) is 2.72. The number of hydrogen-bond donors (Lipinski definition) is 1. The molecule has 0 fully saturated rings. The van der Waals surface area contributed by atoms with E-state index >= 15 is 0 Å². The lowest BCUT2D eigenvalue weighted by Crippen LogP contribution is -2.01. The summed E-state index contributed by atoms with van der Waals surface area (Å²) in [5.41, 5.74) is 6.86. The molecule has 4 nitrogen and oxygen atoms in total. The topological polar surface area (TPSA) is 50.2 Å². The highest BCUT2D eigenvalue weighted by Crippen LogP contribution is 2.38. The Morgan fingerprint density at radius 2 is 2.04 bits per heavy atom. The highest BCUT2D eigenvalue weighted by molar-refractivity contribution is 7.19. The van der Waals surface area contributed by atoms with Gasteiger partial charge in [0.15, 0.2) is 5.82 Å². The summed E-state index contributed by atoms with van der Waals surface area (Å²) in [6.07, 6.45) is 8.29. The molecular weight excluding hydrogens is 304 g/mol. The van der Waals surface area contributed by atoms with Crippen molar-refractivity contribution in [2.24, 2.45) is 5.10 Å². The first-order valence-electron chi connectivity index (χ1n) is 7.93. The van der Waals surface area contributed by atoms with E-state index in [0.29, 0.717) is 0 Å². The van der Waals surface area contributed by atoms with Gasteiger partial charge in [0.25, 0.3) is 0 Å². The van der Waals surface area contributed by atoms with E-state index in [2.05, 4.69) is 39.6 Å². The molecule has 0 saturated carbocycles. The second-order valence-electron chi connectivity index (χ2n) is 5.84. The molecule has 0 atom stereocenters. The van der Waals surface area contributed by atoms with Crippen molar-refractivity contribution in [2.45, 2.75) is 32.6 Å². The number of nitrogens with zero attached hydrogens (tertiary/aromatic N) is 3. The Morgan fingerprint density at radius 1 is 1.17 bits per heavy atom. The van der Waals surface area contributed by atoms with Crippen LogP contribution in [-0.2, 0) is 12.8 Å². The maximum Gasteiger partial charge on any atom is 0.158 e. The number of nitrogens with one attached hydrogen (secondary N) is 1. The van der Waals surface area contributed by atoms with Gasteiger partial charge in [-0.3, -0.25) is 5.43 Å². The van der Waals surface area contributed by atoms with Gasteiger partial charge in [-0.1, -0.05) is 24.3 Å². The molecule has 0 amide bonds. The number of hydrazone groups is 1. The molecule has 3 aromatic rings. The minimum absolute atomic E-state index is 0.819. The summed E-state index contributed by atoms with van der Waals surface area (Å²) >= 11 is 1.80. The average Bonchev–Trinajstić information content (AvgIpc) is 2.96. The highest BCUT2D eigenvalue weighted by Gasteiger charge is 2.19. The molecule has 0 radical (unpaired) electrons. The second-order valence-corrected chi connectivity index (χ2v) is 6.92. The van der Waals surface area contributed by atoms with Crippen LogP contribution >= 0.6 is 11.3 Å². The monoisotopic (exact) mass is 322 g/mol. The Labute approximate surface area is 139 Å². The molecule has 116 valence electrons. The number of aromatic nitrogens is 2. The number of thiophene rings is 1. The van der Waals surface area contributed by atoms with Crippen LogP contribution in [0.25, 0.3) is 10.2 Å². The van der Waals surface area contributed by atoms with Crippen LogP contribution in [0.5, 0.6) is 0 Å². The molecule has 0 unspecified atom stereocenters. The standard InChI is InChI=1S/C18H18N4S/c1-12-6-2-3-7-13(12)10-21-22-17-16-14-8-4-5-9-15(14)23-18(16)20-11-19-17/h2-3,6-7,10-11H,4-5,8-9H2,1H3,(H,19,20,22)/b21-10-. The molecule has 0 spiro atoms. The Hall–Kier alpha value is -2.27. The van der Waals surface area contributed by atoms with Gasteiger partial charge in [-0.2, -0.15) is 5.10 Å². The van der Waals surface area contributed by atoms with Gasteiger partial charge in [0, 0.05) is 4.88 Å². The average molecular weight is 322 g/mol. The van der Waals surface area contributed by atoms with Crippen LogP contribution in [0.2, 0.25) is 0 Å². The lowest BCUT2D eigenvalue weighted by atomic mass is 9.97. The van der Waals surface area contributed by atoms with Crippen molar-refractivity contribution in [3.63, 3.8) is 0 Å². The van der Waals surface area contributed by atoms with E-state index < -0.39 is 0 Å². The van der Waals surface area contributed by atoms with E-state index in [1.54, 1.807) is 17.7 Å². The first-order valence-corrected chi connectivity index (χ1v) is 8.74. The van der Waals surface area contributed by atoms with E-state index in [-0.39, 0.29) is 0 Å². The number of hydrogen-bond acceptors (Lipinski definition) is 5. The van der Waals surface area contributed by atoms with Crippen LogP contribution in [-0.4, -0.2) is 16.2 Å². The Morgan fingerprint density at radius 3 is 2.96 bits per heavy atom. The zero-order valence-electron chi connectivity index (χ0n) is 13.0. The van der Waals surface area contributed by atoms with Crippen molar-refractivity contribution in [1.82, 2.24) is 9.97 Å². The van der Waals surface area contributed by atoms with E-state index in [4.69, 9.17) is 0 Å². The van der Waals surface area contributed by atoms with Gasteiger partial charge >= 0.3 is 0 Å². The fraction of sp³-hybridized carbons (Fsp3) is 0.278. The molecule has 0 saturated heterocycles. The predicted molar refractivity (Wildman–Crippen MR) is 96.5 cm³/mol. The fourth-order valence-corrected chi connectivity index (χ4v) is 4.30. The van der Waals surface area contributed by atoms with E-state index in [0.717, 1.165) is 28.0 Å². The van der Waals surface area contributed by atoms with Gasteiger partial charge in [-0.25, -0.2) is 9.97 Å². The van der Waals surface area contributed by atoms with Crippen molar-refractivity contribution in [1.29, 1.82) is 0 Å². The van der Waals surface area contributed by atoms with Crippen LogP contribution < -0.4 is 5.43 Å². The summed E-state index contributed by atoms with van der Waals surface area (Å²) < 4.78 is 0. The van der Waals surface area contributed by atoms with Crippen molar-refractivity contribution in [3.8, 4) is 0 Å². The van der Waals surface area contributed by atoms with E-state index in [1.165, 1.54) is 35.3 Å². The summed E-state index contributed by atoms with van der Waals surface area (Å²) in [5.74, 6) is 0.819. The van der Waals surface area contributed by atoms with Crippen molar-refractivity contribution < 1.29 is 0 Å². The first-order chi connectivity index (χ1) is 11.3. The number of benzene rings is 1. The highest BCUT2D eigenvalue weighted by atomic mass is 32.1. The third-order valence-corrected chi connectivity index (χ3v) is 5.51. The molecule has 2 aromatic heterocycles.